The number of likely N-dealkylation sites (tertiary alicyclic amines) is 1. The van der Waals surface area contributed by atoms with Gasteiger partial charge in [0.05, 0.1) is 6.10 Å². The third-order valence-corrected chi connectivity index (χ3v) is 5.29. The third-order valence-electron chi connectivity index (χ3n) is 5.29. The second-order valence-electron chi connectivity index (χ2n) is 7.96. The molecule has 1 saturated heterocycles. The summed E-state index contributed by atoms with van der Waals surface area (Å²) < 4.78 is 5.88. The van der Waals surface area contributed by atoms with E-state index in [1.165, 1.54) is 5.56 Å². The summed E-state index contributed by atoms with van der Waals surface area (Å²) in [6, 6.07) is 11.7. The van der Waals surface area contributed by atoms with E-state index in [9.17, 15) is 0 Å². The first-order valence-electron chi connectivity index (χ1n) is 10.5. The van der Waals surface area contributed by atoms with Crippen molar-refractivity contribution in [1.82, 2.24) is 20.4 Å². The standard InChI is InChI=1S/C22H39N5O.HI/c1-6-28-21(12-13-26(4)5)15-24-22(23-3)25-20-14-18(2)27(17-20)16-19-10-8-7-9-11-19;/h7-11,18,20-21H,6,12-17H2,1-5H3,(H2,23,24,25);1H. The molecule has 6 nitrogen and oxygen atoms in total. The van der Waals surface area contributed by atoms with Crippen LogP contribution < -0.4 is 10.6 Å². The van der Waals surface area contributed by atoms with E-state index in [0.717, 1.165) is 51.6 Å². The Balaban J connectivity index is 0.00000420. The fourth-order valence-electron chi connectivity index (χ4n) is 3.72. The van der Waals surface area contributed by atoms with Crippen LogP contribution in [0.4, 0.5) is 0 Å². The van der Waals surface area contributed by atoms with E-state index in [-0.39, 0.29) is 30.1 Å². The van der Waals surface area contributed by atoms with Crippen LogP contribution in [0.15, 0.2) is 35.3 Å². The summed E-state index contributed by atoms with van der Waals surface area (Å²) in [5.41, 5.74) is 1.37. The van der Waals surface area contributed by atoms with Gasteiger partial charge in [-0.15, -0.1) is 24.0 Å². The number of ether oxygens (including phenoxy) is 1. The minimum atomic E-state index is 0. The van der Waals surface area contributed by atoms with Gasteiger partial charge in [-0.25, -0.2) is 0 Å². The highest BCUT2D eigenvalue weighted by molar-refractivity contribution is 14.0. The Morgan fingerprint density at radius 2 is 2.03 bits per heavy atom. The molecular formula is C22H40IN5O. The van der Waals surface area contributed by atoms with Gasteiger partial charge in [0.1, 0.15) is 0 Å². The maximum atomic E-state index is 5.88. The molecule has 0 amide bonds. The summed E-state index contributed by atoms with van der Waals surface area (Å²) in [6.45, 7) is 8.93. The lowest BCUT2D eigenvalue weighted by Crippen LogP contribution is -2.47. The average molecular weight is 518 g/mol. The van der Waals surface area contributed by atoms with Gasteiger partial charge in [-0.2, -0.15) is 0 Å². The third kappa shape index (κ3) is 9.63. The Hall–Kier alpha value is -0.900. The maximum Gasteiger partial charge on any atom is 0.191 e. The second-order valence-corrected chi connectivity index (χ2v) is 7.96. The van der Waals surface area contributed by atoms with Gasteiger partial charge in [0.15, 0.2) is 5.96 Å². The molecule has 166 valence electrons. The van der Waals surface area contributed by atoms with E-state index >= 15 is 0 Å². The van der Waals surface area contributed by atoms with Crippen molar-refractivity contribution in [3.05, 3.63) is 35.9 Å². The number of benzene rings is 1. The highest BCUT2D eigenvalue weighted by atomic mass is 127. The van der Waals surface area contributed by atoms with Crippen LogP contribution in [0.5, 0.6) is 0 Å². The first-order valence-corrected chi connectivity index (χ1v) is 10.5. The van der Waals surface area contributed by atoms with Gasteiger partial charge in [-0.1, -0.05) is 30.3 Å². The summed E-state index contributed by atoms with van der Waals surface area (Å²) >= 11 is 0. The molecule has 29 heavy (non-hydrogen) atoms. The van der Waals surface area contributed by atoms with E-state index in [1.54, 1.807) is 0 Å². The first kappa shape index (κ1) is 26.1. The maximum absolute atomic E-state index is 5.88. The molecule has 3 unspecified atom stereocenters. The minimum absolute atomic E-state index is 0. The Labute approximate surface area is 194 Å². The molecule has 2 N–H and O–H groups in total. The normalized spacial score (nSPS) is 21.1. The summed E-state index contributed by atoms with van der Waals surface area (Å²) in [6.07, 6.45) is 2.34. The summed E-state index contributed by atoms with van der Waals surface area (Å²) in [5.74, 6) is 0.869. The Morgan fingerprint density at radius 3 is 2.66 bits per heavy atom. The lowest BCUT2D eigenvalue weighted by molar-refractivity contribution is 0.0548. The molecule has 0 radical (unpaired) electrons. The van der Waals surface area contributed by atoms with Crippen LogP contribution in [0, 0.1) is 0 Å². The van der Waals surface area contributed by atoms with Crippen molar-refractivity contribution in [3.63, 3.8) is 0 Å². The van der Waals surface area contributed by atoms with Gasteiger partial charge < -0.3 is 20.3 Å². The highest BCUT2D eigenvalue weighted by Crippen LogP contribution is 2.20. The zero-order chi connectivity index (χ0) is 20.4. The SMILES string of the molecule is CCOC(CCN(C)C)CNC(=NC)NC1CC(C)N(Cc2ccccc2)C1.I. The van der Waals surface area contributed by atoms with Gasteiger partial charge in [0.2, 0.25) is 0 Å². The zero-order valence-corrected chi connectivity index (χ0v) is 21.1. The van der Waals surface area contributed by atoms with Crippen LogP contribution in [0.1, 0.15) is 32.3 Å². The lowest BCUT2D eigenvalue weighted by Gasteiger charge is -2.23. The number of guanidine groups is 1. The molecule has 0 spiro atoms. The molecule has 7 heteroatoms. The zero-order valence-electron chi connectivity index (χ0n) is 18.7. The number of hydrogen-bond acceptors (Lipinski definition) is 4. The van der Waals surface area contributed by atoms with Crippen LogP contribution in [0.3, 0.4) is 0 Å². The van der Waals surface area contributed by atoms with E-state index in [1.807, 2.05) is 7.05 Å². The fraction of sp³-hybridized carbons (Fsp3) is 0.682. The van der Waals surface area contributed by atoms with Gasteiger partial charge in [-0.05, 0) is 46.3 Å². The Kier molecular flexibility index (Phi) is 12.8. The van der Waals surface area contributed by atoms with E-state index in [0.29, 0.717) is 12.1 Å². The van der Waals surface area contributed by atoms with E-state index in [4.69, 9.17) is 4.74 Å². The smallest absolute Gasteiger partial charge is 0.191 e. The molecule has 2 rings (SSSR count). The highest BCUT2D eigenvalue weighted by Gasteiger charge is 2.29. The van der Waals surface area contributed by atoms with Crippen molar-refractivity contribution in [2.24, 2.45) is 4.99 Å². The Morgan fingerprint density at radius 1 is 1.31 bits per heavy atom. The predicted octanol–water partition coefficient (Wildman–Crippen LogP) is 2.79. The van der Waals surface area contributed by atoms with Crippen molar-refractivity contribution in [2.75, 3.05) is 47.4 Å². The minimum Gasteiger partial charge on any atom is -0.377 e. The van der Waals surface area contributed by atoms with Gasteiger partial charge in [-0.3, -0.25) is 9.89 Å². The lowest BCUT2D eigenvalue weighted by atomic mass is 10.2. The van der Waals surface area contributed by atoms with Crippen molar-refractivity contribution >= 4 is 29.9 Å². The fourth-order valence-corrected chi connectivity index (χ4v) is 3.72. The molecule has 1 aliphatic rings. The van der Waals surface area contributed by atoms with Crippen LogP contribution >= 0.6 is 24.0 Å². The number of nitrogens with zero attached hydrogens (tertiary/aromatic N) is 3. The molecule has 0 aromatic heterocycles. The number of nitrogens with one attached hydrogen (secondary N) is 2. The molecule has 0 aliphatic carbocycles. The number of hydrogen-bond donors (Lipinski definition) is 2. The van der Waals surface area contributed by atoms with E-state index in [2.05, 4.69) is 83.7 Å². The van der Waals surface area contributed by atoms with Crippen LogP contribution in [0.2, 0.25) is 0 Å². The number of aliphatic imine (C=N–C) groups is 1. The molecule has 1 aliphatic heterocycles. The van der Waals surface area contributed by atoms with Crippen LogP contribution in [0.25, 0.3) is 0 Å². The molecular weight excluding hydrogens is 477 g/mol. The molecule has 0 bridgehead atoms. The van der Waals surface area contributed by atoms with Crippen molar-refractivity contribution in [1.29, 1.82) is 0 Å². The van der Waals surface area contributed by atoms with Crippen molar-refractivity contribution in [2.45, 2.75) is 51.4 Å². The van der Waals surface area contributed by atoms with E-state index < -0.39 is 0 Å². The van der Waals surface area contributed by atoms with Crippen LogP contribution in [-0.4, -0.2) is 81.3 Å². The van der Waals surface area contributed by atoms with Crippen LogP contribution in [-0.2, 0) is 11.3 Å². The largest absolute Gasteiger partial charge is 0.377 e. The topological polar surface area (TPSA) is 52.1 Å². The monoisotopic (exact) mass is 517 g/mol. The summed E-state index contributed by atoms with van der Waals surface area (Å²) in [7, 11) is 6.03. The molecule has 1 fully saturated rings. The molecule has 1 heterocycles. The Bertz CT molecular complexity index is 584. The number of halogens is 1. The van der Waals surface area contributed by atoms with Crippen molar-refractivity contribution in [3.8, 4) is 0 Å². The second kappa shape index (κ2) is 14.2. The average Bonchev–Trinajstić information content (AvgIpc) is 3.02. The van der Waals surface area contributed by atoms with Crippen molar-refractivity contribution < 1.29 is 4.74 Å². The van der Waals surface area contributed by atoms with Gasteiger partial charge in [0, 0.05) is 51.9 Å². The molecule has 3 atom stereocenters. The number of rotatable bonds is 10. The summed E-state index contributed by atoms with van der Waals surface area (Å²) in [4.78, 5) is 9.16. The van der Waals surface area contributed by atoms with Gasteiger partial charge in [0.25, 0.3) is 0 Å². The molecule has 0 saturated carbocycles. The molecule has 1 aromatic rings. The predicted molar refractivity (Wildman–Crippen MR) is 133 cm³/mol. The van der Waals surface area contributed by atoms with Gasteiger partial charge >= 0.3 is 0 Å². The summed E-state index contributed by atoms with van der Waals surface area (Å²) in [5, 5.41) is 7.07. The first-order chi connectivity index (χ1) is 13.5. The quantitative estimate of drug-likeness (QED) is 0.284. The molecule has 1 aromatic carbocycles.